The highest BCUT2D eigenvalue weighted by Gasteiger charge is 2.23. The number of benzene rings is 1. The Hall–Kier alpha value is -2.80. The van der Waals surface area contributed by atoms with Crippen molar-refractivity contribution in [3.63, 3.8) is 0 Å². The standard InChI is InChI=1S/C20H23ClN4O3/c1-11(15-6-8-16(27-5)9-7-15)22-20(26)19-17(14(4)28-24-19)10-25-13(3)18(21)12(2)23-25/h6-9,11H,10H2,1-5H3,(H,22,26). The smallest absolute Gasteiger partial charge is 0.274 e. The topological polar surface area (TPSA) is 82.2 Å². The summed E-state index contributed by atoms with van der Waals surface area (Å²) in [7, 11) is 1.62. The van der Waals surface area contributed by atoms with Crippen LogP contribution in [0.5, 0.6) is 5.75 Å². The van der Waals surface area contributed by atoms with Gasteiger partial charge in [-0.05, 0) is 45.4 Å². The van der Waals surface area contributed by atoms with Crippen molar-refractivity contribution in [1.82, 2.24) is 20.3 Å². The average molecular weight is 403 g/mol. The third-order valence-corrected chi connectivity index (χ3v) is 5.31. The minimum atomic E-state index is -0.303. The number of ether oxygens (including phenoxy) is 1. The van der Waals surface area contributed by atoms with E-state index in [4.69, 9.17) is 20.9 Å². The van der Waals surface area contributed by atoms with Crippen LogP contribution >= 0.6 is 11.6 Å². The number of nitrogens with one attached hydrogen (secondary N) is 1. The SMILES string of the molecule is COc1ccc(C(C)NC(=O)c2noc(C)c2Cn2nc(C)c(Cl)c2C)cc1. The lowest BCUT2D eigenvalue weighted by atomic mass is 10.1. The van der Waals surface area contributed by atoms with Crippen LogP contribution < -0.4 is 10.1 Å². The summed E-state index contributed by atoms with van der Waals surface area (Å²) in [6.07, 6.45) is 0. The first-order valence-corrected chi connectivity index (χ1v) is 9.29. The van der Waals surface area contributed by atoms with Gasteiger partial charge in [0.1, 0.15) is 11.5 Å². The molecule has 1 atom stereocenters. The molecule has 0 bridgehead atoms. The third-order valence-electron chi connectivity index (χ3n) is 4.76. The molecule has 1 N–H and O–H groups in total. The van der Waals surface area contributed by atoms with Crippen LogP contribution in [0.3, 0.4) is 0 Å². The number of rotatable bonds is 6. The molecule has 3 rings (SSSR count). The van der Waals surface area contributed by atoms with Gasteiger partial charge in [-0.1, -0.05) is 28.9 Å². The van der Waals surface area contributed by atoms with Gasteiger partial charge in [0.25, 0.3) is 5.91 Å². The van der Waals surface area contributed by atoms with E-state index in [0.29, 0.717) is 22.9 Å². The molecule has 0 aliphatic rings. The van der Waals surface area contributed by atoms with Gasteiger partial charge in [-0.15, -0.1) is 0 Å². The van der Waals surface area contributed by atoms with Crippen molar-refractivity contribution in [3.05, 3.63) is 63.3 Å². The number of carbonyl (C=O) groups is 1. The summed E-state index contributed by atoms with van der Waals surface area (Å²) >= 11 is 6.23. The predicted octanol–water partition coefficient (Wildman–Crippen LogP) is 4.00. The molecule has 2 heterocycles. The van der Waals surface area contributed by atoms with Gasteiger partial charge < -0.3 is 14.6 Å². The molecule has 8 heteroatoms. The number of methoxy groups -OCH3 is 1. The molecule has 0 aliphatic heterocycles. The van der Waals surface area contributed by atoms with E-state index >= 15 is 0 Å². The maximum Gasteiger partial charge on any atom is 0.274 e. The molecule has 0 fully saturated rings. The molecule has 1 unspecified atom stereocenters. The van der Waals surface area contributed by atoms with Gasteiger partial charge >= 0.3 is 0 Å². The van der Waals surface area contributed by atoms with Crippen molar-refractivity contribution in [2.24, 2.45) is 0 Å². The summed E-state index contributed by atoms with van der Waals surface area (Å²) in [5, 5.41) is 12.0. The van der Waals surface area contributed by atoms with Crippen LogP contribution in [-0.2, 0) is 6.54 Å². The molecule has 2 aromatic heterocycles. The Labute approximate surface area is 168 Å². The van der Waals surface area contributed by atoms with E-state index in [1.54, 1.807) is 18.7 Å². The minimum absolute atomic E-state index is 0.202. The first-order valence-electron chi connectivity index (χ1n) is 8.91. The molecule has 1 aromatic carbocycles. The van der Waals surface area contributed by atoms with Gasteiger partial charge in [0.15, 0.2) is 5.69 Å². The molecule has 148 valence electrons. The van der Waals surface area contributed by atoms with Crippen LogP contribution in [0.4, 0.5) is 0 Å². The summed E-state index contributed by atoms with van der Waals surface area (Å²) in [6, 6.07) is 7.34. The lowest BCUT2D eigenvalue weighted by Gasteiger charge is -2.14. The maximum atomic E-state index is 12.8. The number of amides is 1. The quantitative estimate of drug-likeness (QED) is 0.673. The maximum absolute atomic E-state index is 12.8. The molecule has 0 aliphatic carbocycles. The van der Waals surface area contributed by atoms with Crippen molar-refractivity contribution in [2.75, 3.05) is 7.11 Å². The van der Waals surface area contributed by atoms with E-state index in [9.17, 15) is 4.79 Å². The highest BCUT2D eigenvalue weighted by molar-refractivity contribution is 6.31. The number of aryl methyl sites for hydroxylation is 2. The van der Waals surface area contributed by atoms with Gasteiger partial charge in [-0.2, -0.15) is 5.10 Å². The Morgan fingerprint density at radius 3 is 2.54 bits per heavy atom. The third kappa shape index (κ3) is 3.89. The van der Waals surface area contributed by atoms with E-state index in [1.807, 2.05) is 45.0 Å². The molecule has 1 amide bonds. The number of hydrogen-bond donors (Lipinski definition) is 1. The van der Waals surface area contributed by atoms with Crippen LogP contribution in [0.2, 0.25) is 5.02 Å². The summed E-state index contributed by atoms with van der Waals surface area (Å²) in [5.41, 5.74) is 3.47. The summed E-state index contributed by atoms with van der Waals surface area (Å²) in [4.78, 5) is 12.8. The van der Waals surface area contributed by atoms with E-state index in [1.165, 1.54) is 0 Å². The number of halogens is 1. The zero-order valence-electron chi connectivity index (χ0n) is 16.5. The van der Waals surface area contributed by atoms with Gasteiger partial charge in [-0.25, -0.2) is 0 Å². The fraction of sp³-hybridized carbons (Fsp3) is 0.350. The molecular weight excluding hydrogens is 380 g/mol. The van der Waals surface area contributed by atoms with Crippen molar-refractivity contribution in [1.29, 1.82) is 0 Å². The number of aromatic nitrogens is 3. The first-order chi connectivity index (χ1) is 13.3. The minimum Gasteiger partial charge on any atom is -0.497 e. The fourth-order valence-corrected chi connectivity index (χ4v) is 3.11. The lowest BCUT2D eigenvalue weighted by molar-refractivity contribution is 0.0929. The Bertz CT molecular complexity index is 992. The second kappa shape index (κ2) is 8.06. The highest BCUT2D eigenvalue weighted by Crippen LogP contribution is 2.23. The van der Waals surface area contributed by atoms with Gasteiger partial charge in [0.2, 0.25) is 0 Å². The zero-order chi connectivity index (χ0) is 20.4. The first kappa shape index (κ1) is 19.9. The van der Waals surface area contributed by atoms with E-state index in [-0.39, 0.29) is 17.6 Å². The van der Waals surface area contributed by atoms with Crippen LogP contribution in [0.1, 0.15) is 51.7 Å². The van der Waals surface area contributed by atoms with Crippen LogP contribution in [0.15, 0.2) is 28.8 Å². The molecule has 7 nitrogen and oxygen atoms in total. The van der Waals surface area contributed by atoms with E-state index in [0.717, 1.165) is 22.7 Å². The Morgan fingerprint density at radius 2 is 1.96 bits per heavy atom. The molecule has 0 saturated heterocycles. The fourth-order valence-electron chi connectivity index (χ4n) is 2.98. The zero-order valence-corrected chi connectivity index (χ0v) is 17.3. The second-order valence-electron chi connectivity index (χ2n) is 6.68. The van der Waals surface area contributed by atoms with Crippen molar-refractivity contribution in [2.45, 2.75) is 40.3 Å². The van der Waals surface area contributed by atoms with Gasteiger partial charge in [0.05, 0.1) is 36.1 Å². The van der Waals surface area contributed by atoms with Crippen LogP contribution in [0, 0.1) is 20.8 Å². The van der Waals surface area contributed by atoms with Gasteiger partial charge in [0, 0.05) is 5.56 Å². The molecule has 3 aromatic rings. The second-order valence-corrected chi connectivity index (χ2v) is 7.05. The summed E-state index contributed by atoms with van der Waals surface area (Å²) in [6.45, 7) is 7.77. The monoisotopic (exact) mass is 402 g/mol. The molecule has 0 spiro atoms. The lowest BCUT2D eigenvalue weighted by Crippen LogP contribution is -2.28. The van der Waals surface area contributed by atoms with E-state index < -0.39 is 0 Å². The van der Waals surface area contributed by atoms with Crippen molar-refractivity contribution < 1.29 is 14.1 Å². The van der Waals surface area contributed by atoms with Crippen LogP contribution in [-0.4, -0.2) is 28.0 Å². The molecule has 0 radical (unpaired) electrons. The summed E-state index contributed by atoms with van der Waals surface area (Å²) < 4.78 is 12.2. The Morgan fingerprint density at radius 1 is 1.29 bits per heavy atom. The predicted molar refractivity (Wildman–Crippen MR) is 106 cm³/mol. The highest BCUT2D eigenvalue weighted by atomic mass is 35.5. The average Bonchev–Trinajstić information content (AvgIpc) is 3.17. The van der Waals surface area contributed by atoms with Gasteiger partial charge in [-0.3, -0.25) is 9.48 Å². The summed E-state index contributed by atoms with van der Waals surface area (Å²) in [5.74, 6) is 1.04. The number of hydrogen-bond acceptors (Lipinski definition) is 5. The van der Waals surface area contributed by atoms with Crippen LogP contribution in [0.25, 0.3) is 0 Å². The Kier molecular flexibility index (Phi) is 5.74. The molecular formula is C20H23ClN4O3. The number of carbonyl (C=O) groups excluding carboxylic acids is 1. The normalized spacial score (nSPS) is 12.1. The van der Waals surface area contributed by atoms with Crippen molar-refractivity contribution in [3.8, 4) is 5.75 Å². The Balaban J connectivity index is 1.79. The number of nitrogens with zero attached hydrogens (tertiary/aromatic N) is 3. The largest absolute Gasteiger partial charge is 0.497 e. The molecule has 28 heavy (non-hydrogen) atoms. The molecule has 0 saturated carbocycles. The van der Waals surface area contributed by atoms with E-state index in [2.05, 4.69) is 15.6 Å². The van der Waals surface area contributed by atoms with Crippen molar-refractivity contribution >= 4 is 17.5 Å².